The summed E-state index contributed by atoms with van der Waals surface area (Å²) in [5, 5.41) is 6.54. The molecule has 0 spiro atoms. The minimum absolute atomic E-state index is 0.129. The smallest absolute Gasteiger partial charge is 0.124 e. The van der Waals surface area contributed by atoms with Gasteiger partial charge in [0.25, 0.3) is 0 Å². The Morgan fingerprint density at radius 3 is 2.24 bits per heavy atom. The molecule has 0 aliphatic carbocycles. The van der Waals surface area contributed by atoms with E-state index >= 15 is 0 Å². The largest absolute Gasteiger partial charge is 0.496 e. The van der Waals surface area contributed by atoms with Gasteiger partial charge in [0.1, 0.15) is 5.75 Å². The second kappa shape index (κ2) is 6.82. The van der Waals surface area contributed by atoms with Crippen LogP contribution in [-0.2, 0) is 0 Å². The van der Waals surface area contributed by atoms with Crippen molar-refractivity contribution in [2.75, 3.05) is 13.7 Å². The molecule has 1 aromatic carbocycles. The third kappa shape index (κ3) is 3.25. The molecule has 2 rings (SSSR count). The van der Waals surface area contributed by atoms with Gasteiger partial charge in [0, 0.05) is 4.88 Å². The molecular formula is C17H22ClNOS. The van der Waals surface area contributed by atoms with Crippen molar-refractivity contribution in [1.29, 1.82) is 0 Å². The summed E-state index contributed by atoms with van der Waals surface area (Å²) >= 11 is 8.19. The highest BCUT2D eigenvalue weighted by Gasteiger charge is 2.20. The van der Waals surface area contributed by atoms with Gasteiger partial charge in [0.05, 0.1) is 18.2 Å². The first-order valence-corrected chi connectivity index (χ1v) is 8.37. The topological polar surface area (TPSA) is 21.3 Å². The van der Waals surface area contributed by atoms with Crippen LogP contribution in [0.2, 0.25) is 5.02 Å². The van der Waals surface area contributed by atoms with Crippen LogP contribution in [0.3, 0.4) is 0 Å². The molecule has 0 saturated carbocycles. The number of nitrogens with one attached hydrogen (secondary N) is 1. The van der Waals surface area contributed by atoms with Crippen LogP contribution in [0.15, 0.2) is 17.5 Å². The highest BCUT2D eigenvalue weighted by Crippen LogP contribution is 2.37. The van der Waals surface area contributed by atoms with Crippen molar-refractivity contribution in [2.45, 2.75) is 33.7 Å². The van der Waals surface area contributed by atoms with Crippen molar-refractivity contribution < 1.29 is 4.74 Å². The van der Waals surface area contributed by atoms with Gasteiger partial charge in [-0.3, -0.25) is 0 Å². The van der Waals surface area contributed by atoms with Crippen molar-refractivity contribution in [3.05, 3.63) is 49.7 Å². The second-order valence-electron chi connectivity index (χ2n) is 5.28. The predicted molar refractivity (Wildman–Crippen MR) is 92.1 cm³/mol. The first-order chi connectivity index (χ1) is 9.99. The molecule has 114 valence electrons. The van der Waals surface area contributed by atoms with E-state index in [1.165, 1.54) is 10.4 Å². The van der Waals surface area contributed by atoms with Crippen molar-refractivity contribution in [1.82, 2.24) is 5.32 Å². The van der Waals surface area contributed by atoms with E-state index < -0.39 is 0 Å². The maximum absolute atomic E-state index is 6.47. The Kier molecular flexibility index (Phi) is 5.31. The summed E-state index contributed by atoms with van der Waals surface area (Å²) in [5.74, 6) is 0.961. The minimum Gasteiger partial charge on any atom is -0.496 e. The molecule has 0 amide bonds. The Labute approximate surface area is 136 Å². The fourth-order valence-electron chi connectivity index (χ4n) is 2.68. The van der Waals surface area contributed by atoms with Gasteiger partial charge in [-0.25, -0.2) is 0 Å². The summed E-state index contributed by atoms with van der Waals surface area (Å²) in [5.41, 5.74) is 4.68. The van der Waals surface area contributed by atoms with Crippen molar-refractivity contribution in [3.63, 3.8) is 0 Å². The monoisotopic (exact) mass is 323 g/mol. The lowest BCUT2D eigenvalue weighted by atomic mass is 9.98. The molecule has 1 N–H and O–H groups in total. The maximum atomic E-state index is 6.47. The Balaban J connectivity index is 2.51. The molecule has 1 aromatic heterocycles. The third-order valence-corrected chi connectivity index (χ3v) is 5.39. The van der Waals surface area contributed by atoms with E-state index in [2.05, 4.69) is 50.5 Å². The van der Waals surface area contributed by atoms with Crippen LogP contribution in [0, 0.1) is 20.8 Å². The van der Waals surface area contributed by atoms with Crippen LogP contribution in [0.5, 0.6) is 5.75 Å². The number of hydrogen-bond donors (Lipinski definition) is 1. The summed E-state index contributed by atoms with van der Waals surface area (Å²) in [6, 6.07) is 4.50. The number of ether oxygens (including phenoxy) is 1. The molecule has 0 aliphatic heterocycles. The summed E-state index contributed by atoms with van der Waals surface area (Å²) in [6.45, 7) is 9.22. The van der Waals surface area contributed by atoms with E-state index in [4.69, 9.17) is 16.3 Å². The van der Waals surface area contributed by atoms with Crippen LogP contribution in [0.25, 0.3) is 0 Å². The molecule has 21 heavy (non-hydrogen) atoms. The first-order valence-electron chi connectivity index (χ1n) is 7.11. The molecule has 0 bridgehead atoms. The maximum Gasteiger partial charge on any atom is 0.124 e. The Bertz CT molecular complexity index is 613. The predicted octanol–water partition coefficient (Wildman–Crippen LogP) is 5.03. The van der Waals surface area contributed by atoms with Gasteiger partial charge in [-0.05, 0) is 54.9 Å². The van der Waals surface area contributed by atoms with Crippen molar-refractivity contribution in [3.8, 4) is 5.75 Å². The summed E-state index contributed by atoms with van der Waals surface area (Å²) in [4.78, 5) is 1.18. The molecule has 1 unspecified atom stereocenters. The fourth-order valence-corrected chi connectivity index (χ4v) is 4.09. The second-order valence-corrected chi connectivity index (χ2v) is 6.56. The van der Waals surface area contributed by atoms with Gasteiger partial charge in [0.2, 0.25) is 0 Å². The van der Waals surface area contributed by atoms with Gasteiger partial charge in [0.15, 0.2) is 0 Å². The lowest BCUT2D eigenvalue weighted by Crippen LogP contribution is -2.21. The number of thiophene rings is 1. The molecule has 0 radical (unpaired) electrons. The van der Waals surface area contributed by atoms with E-state index in [9.17, 15) is 0 Å². The number of hydrogen-bond acceptors (Lipinski definition) is 3. The number of benzene rings is 1. The van der Waals surface area contributed by atoms with Crippen LogP contribution < -0.4 is 10.1 Å². The van der Waals surface area contributed by atoms with Gasteiger partial charge in [-0.15, -0.1) is 11.3 Å². The molecular weight excluding hydrogens is 302 g/mol. The van der Waals surface area contributed by atoms with Crippen molar-refractivity contribution >= 4 is 22.9 Å². The molecule has 0 saturated heterocycles. The average molecular weight is 324 g/mol. The van der Waals surface area contributed by atoms with E-state index in [-0.39, 0.29) is 6.04 Å². The zero-order valence-corrected chi connectivity index (χ0v) is 14.8. The summed E-state index contributed by atoms with van der Waals surface area (Å²) in [7, 11) is 1.72. The van der Waals surface area contributed by atoms with Crippen LogP contribution >= 0.6 is 22.9 Å². The summed E-state index contributed by atoms with van der Waals surface area (Å²) < 4.78 is 5.46. The first kappa shape index (κ1) is 16.3. The molecule has 2 nitrogen and oxygen atoms in total. The normalized spacial score (nSPS) is 12.5. The SMILES string of the molecule is CCNC(c1cc(C)c(OC)c(C)c1)c1scc(C)c1Cl. The molecule has 1 atom stereocenters. The van der Waals surface area contributed by atoms with Crippen LogP contribution in [-0.4, -0.2) is 13.7 Å². The fraction of sp³-hybridized carbons (Fsp3) is 0.412. The number of methoxy groups -OCH3 is 1. The van der Waals surface area contributed by atoms with Gasteiger partial charge in [-0.1, -0.05) is 30.7 Å². The van der Waals surface area contributed by atoms with Crippen molar-refractivity contribution in [2.24, 2.45) is 0 Å². The average Bonchev–Trinajstić information content (AvgIpc) is 2.76. The quantitative estimate of drug-likeness (QED) is 0.832. The van der Waals surface area contributed by atoms with Gasteiger partial charge < -0.3 is 10.1 Å². The standard InChI is InChI=1S/C17H22ClNOS/c1-6-19-15(17-14(18)12(4)9-21-17)13-7-10(2)16(20-5)11(3)8-13/h7-9,15,19H,6H2,1-5H3. The molecule has 2 aromatic rings. The van der Waals surface area contributed by atoms with Gasteiger partial charge in [-0.2, -0.15) is 0 Å². The lowest BCUT2D eigenvalue weighted by Gasteiger charge is -2.20. The third-order valence-electron chi connectivity index (χ3n) is 3.62. The van der Waals surface area contributed by atoms with Crippen LogP contribution in [0.4, 0.5) is 0 Å². The van der Waals surface area contributed by atoms with E-state index in [0.717, 1.165) is 34.0 Å². The minimum atomic E-state index is 0.129. The number of rotatable bonds is 5. The molecule has 0 aliphatic rings. The Hall–Kier alpha value is -1.03. The van der Waals surface area contributed by atoms with E-state index in [0.29, 0.717) is 0 Å². The molecule has 0 fully saturated rings. The lowest BCUT2D eigenvalue weighted by molar-refractivity contribution is 0.408. The Morgan fingerprint density at radius 1 is 1.19 bits per heavy atom. The zero-order valence-electron chi connectivity index (χ0n) is 13.2. The van der Waals surface area contributed by atoms with E-state index in [1.807, 2.05) is 0 Å². The number of aryl methyl sites for hydroxylation is 3. The van der Waals surface area contributed by atoms with E-state index in [1.54, 1.807) is 18.4 Å². The molecule has 1 heterocycles. The molecule has 4 heteroatoms. The zero-order chi connectivity index (χ0) is 15.6. The number of halogens is 1. The highest BCUT2D eigenvalue weighted by molar-refractivity contribution is 7.10. The van der Waals surface area contributed by atoms with Gasteiger partial charge >= 0.3 is 0 Å². The highest BCUT2D eigenvalue weighted by atomic mass is 35.5. The summed E-state index contributed by atoms with van der Waals surface area (Å²) in [6.07, 6.45) is 0. The van der Waals surface area contributed by atoms with Crippen LogP contribution in [0.1, 0.15) is 40.1 Å². The Morgan fingerprint density at radius 2 is 1.81 bits per heavy atom.